The second-order valence-electron chi connectivity index (χ2n) is 5.64. The molecule has 5 nitrogen and oxygen atoms in total. The van der Waals surface area contributed by atoms with E-state index in [0.717, 1.165) is 16.4 Å². The zero-order valence-corrected chi connectivity index (χ0v) is 15.7. The third-order valence-corrected chi connectivity index (χ3v) is 4.99. The first-order valence-electron chi connectivity index (χ1n) is 8.11. The van der Waals surface area contributed by atoms with Gasteiger partial charge in [0.05, 0.1) is 31.2 Å². The van der Waals surface area contributed by atoms with Crippen molar-refractivity contribution in [2.75, 3.05) is 20.0 Å². The number of imidazole rings is 1. The predicted molar refractivity (Wildman–Crippen MR) is 103 cm³/mol. The van der Waals surface area contributed by atoms with Crippen LogP contribution in [0.5, 0.6) is 11.5 Å². The van der Waals surface area contributed by atoms with Crippen molar-refractivity contribution < 1.29 is 14.3 Å². The lowest BCUT2D eigenvalue weighted by Crippen LogP contribution is -2.07. The molecule has 0 saturated heterocycles. The van der Waals surface area contributed by atoms with E-state index in [1.54, 1.807) is 38.6 Å². The molecule has 0 radical (unpaired) electrons. The molecule has 0 saturated carbocycles. The van der Waals surface area contributed by atoms with Gasteiger partial charge < -0.3 is 9.47 Å². The van der Waals surface area contributed by atoms with E-state index in [1.807, 2.05) is 29.0 Å². The third-order valence-electron chi connectivity index (χ3n) is 4.02. The fraction of sp³-hybridized carbons (Fsp3) is 0.200. The Balaban J connectivity index is 1.80. The first-order valence-corrected chi connectivity index (χ1v) is 9.10. The molecule has 0 unspecified atom stereocenters. The van der Waals surface area contributed by atoms with Crippen LogP contribution in [0.4, 0.5) is 0 Å². The molecule has 0 bridgehead atoms. The van der Waals surface area contributed by atoms with Gasteiger partial charge in [-0.2, -0.15) is 0 Å². The number of carbonyl (C=O) groups excluding carboxylic acids is 1. The number of ketones is 1. The van der Waals surface area contributed by atoms with Crippen LogP contribution >= 0.6 is 11.8 Å². The fourth-order valence-corrected chi connectivity index (χ4v) is 3.50. The Morgan fingerprint density at radius 3 is 2.69 bits per heavy atom. The molecule has 26 heavy (non-hydrogen) atoms. The minimum Gasteiger partial charge on any atom is -0.497 e. The number of aromatic nitrogens is 2. The third kappa shape index (κ3) is 3.75. The van der Waals surface area contributed by atoms with Crippen molar-refractivity contribution in [1.29, 1.82) is 0 Å². The quantitative estimate of drug-likeness (QED) is 0.463. The standard InChI is InChI=1S/C20H20N2O3S/c1-14-6-4-5-7-17(14)22-11-10-21-20(22)26-13-18(23)16-12-15(24-2)8-9-19(16)25-3/h4-12H,13H2,1-3H3. The van der Waals surface area contributed by atoms with Gasteiger partial charge in [-0.15, -0.1) is 0 Å². The van der Waals surface area contributed by atoms with Gasteiger partial charge in [0.15, 0.2) is 10.9 Å². The summed E-state index contributed by atoms with van der Waals surface area (Å²) in [4.78, 5) is 17.1. The van der Waals surface area contributed by atoms with Crippen LogP contribution in [0.25, 0.3) is 5.69 Å². The van der Waals surface area contributed by atoms with E-state index in [0.29, 0.717) is 17.1 Å². The van der Waals surface area contributed by atoms with Crippen molar-refractivity contribution in [3.8, 4) is 17.2 Å². The number of hydrogen-bond acceptors (Lipinski definition) is 5. The van der Waals surface area contributed by atoms with E-state index >= 15 is 0 Å². The molecule has 2 aromatic carbocycles. The molecule has 1 aromatic heterocycles. The molecule has 0 N–H and O–H groups in total. The second-order valence-corrected chi connectivity index (χ2v) is 6.59. The number of rotatable bonds is 7. The highest BCUT2D eigenvalue weighted by Gasteiger charge is 2.16. The van der Waals surface area contributed by atoms with E-state index in [4.69, 9.17) is 9.47 Å². The van der Waals surface area contributed by atoms with Crippen LogP contribution in [0.1, 0.15) is 15.9 Å². The number of carbonyl (C=O) groups is 1. The topological polar surface area (TPSA) is 53.4 Å². The molecule has 3 aromatic rings. The summed E-state index contributed by atoms with van der Waals surface area (Å²) in [6.07, 6.45) is 3.65. The first-order chi connectivity index (χ1) is 12.6. The Bertz CT molecular complexity index is 921. The van der Waals surface area contributed by atoms with Gasteiger partial charge in [-0.1, -0.05) is 30.0 Å². The maximum absolute atomic E-state index is 12.7. The molecule has 0 aliphatic carbocycles. The number of Topliss-reactive ketones (excluding diaryl/α,β-unsaturated/α-hetero) is 1. The van der Waals surface area contributed by atoms with Gasteiger partial charge in [0.1, 0.15) is 11.5 Å². The molecule has 0 amide bonds. The Morgan fingerprint density at radius 2 is 1.96 bits per heavy atom. The summed E-state index contributed by atoms with van der Waals surface area (Å²) in [5.74, 6) is 1.39. The zero-order chi connectivity index (χ0) is 18.5. The minimum absolute atomic E-state index is 0.0370. The average molecular weight is 368 g/mol. The maximum atomic E-state index is 12.7. The van der Waals surface area contributed by atoms with Gasteiger partial charge in [-0.3, -0.25) is 9.36 Å². The number of benzene rings is 2. The summed E-state index contributed by atoms with van der Waals surface area (Å²) in [7, 11) is 3.13. The van der Waals surface area contributed by atoms with Crippen LogP contribution in [0.15, 0.2) is 60.0 Å². The normalized spacial score (nSPS) is 10.6. The molecule has 1 heterocycles. The zero-order valence-electron chi connectivity index (χ0n) is 14.9. The number of nitrogens with zero attached hydrogens (tertiary/aromatic N) is 2. The van der Waals surface area contributed by atoms with Crippen molar-refractivity contribution in [2.45, 2.75) is 12.1 Å². The lowest BCUT2D eigenvalue weighted by Gasteiger charge is -2.11. The molecular formula is C20H20N2O3S. The van der Waals surface area contributed by atoms with Crippen molar-refractivity contribution in [3.63, 3.8) is 0 Å². The highest BCUT2D eigenvalue weighted by Crippen LogP contribution is 2.28. The number of methoxy groups -OCH3 is 2. The molecule has 0 fully saturated rings. The van der Waals surface area contributed by atoms with Gasteiger partial charge in [0.2, 0.25) is 0 Å². The Labute approximate surface area is 157 Å². The summed E-state index contributed by atoms with van der Waals surface area (Å²) in [6, 6.07) is 13.3. The molecular weight excluding hydrogens is 348 g/mol. The van der Waals surface area contributed by atoms with E-state index in [2.05, 4.69) is 18.0 Å². The minimum atomic E-state index is -0.0370. The number of hydrogen-bond donors (Lipinski definition) is 0. The number of ether oxygens (including phenoxy) is 2. The molecule has 0 atom stereocenters. The van der Waals surface area contributed by atoms with Crippen LogP contribution in [-0.4, -0.2) is 35.3 Å². The number of aryl methyl sites for hydroxylation is 1. The van der Waals surface area contributed by atoms with Crippen LogP contribution in [0, 0.1) is 6.92 Å². The Kier molecular flexibility index (Phi) is 5.63. The van der Waals surface area contributed by atoms with E-state index < -0.39 is 0 Å². The average Bonchev–Trinajstić information content (AvgIpc) is 3.14. The smallest absolute Gasteiger partial charge is 0.177 e. The molecule has 3 rings (SSSR count). The fourth-order valence-electron chi connectivity index (χ4n) is 2.65. The monoisotopic (exact) mass is 368 g/mol. The Morgan fingerprint density at radius 1 is 1.15 bits per heavy atom. The lowest BCUT2D eigenvalue weighted by atomic mass is 10.1. The van der Waals surface area contributed by atoms with Crippen molar-refractivity contribution in [1.82, 2.24) is 9.55 Å². The Hall–Kier alpha value is -2.73. The molecule has 0 aliphatic rings. The lowest BCUT2D eigenvalue weighted by molar-refractivity contribution is 0.101. The van der Waals surface area contributed by atoms with Crippen LogP contribution in [0.2, 0.25) is 0 Å². The van der Waals surface area contributed by atoms with Gasteiger partial charge >= 0.3 is 0 Å². The highest BCUT2D eigenvalue weighted by molar-refractivity contribution is 7.99. The summed E-state index contributed by atoms with van der Waals surface area (Å²) in [6.45, 7) is 2.05. The highest BCUT2D eigenvalue weighted by atomic mass is 32.2. The summed E-state index contributed by atoms with van der Waals surface area (Å²) < 4.78 is 12.5. The van der Waals surface area contributed by atoms with E-state index in [9.17, 15) is 4.79 Å². The van der Waals surface area contributed by atoms with Gasteiger partial charge in [-0.05, 0) is 36.8 Å². The maximum Gasteiger partial charge on any atom is 0.177 e. The van der Waals surface area contributed by atoms with Crippen molar-refractivity contribution >= 4 is 17.5 Å². The van der Waals surface area contributed by atoms with Gasteiger partial charge in [0, 0.05) is 12.4 Å². The summed E-state index contributed by atoms with van der Waals surface area (Å²) >= 11 is 1.40. The molecule has 134 valence electrons. The van der Waals surface area contributed by atoms with Crippen LogP contribution in [-0.2, 0) is 0 Å². The number of para-hydroxylation sites is 1. The van der Waals surface area contributed by atoms with Gasteiger partial charge in [-0.25, -0.2) is 4.98 Å². The SMILES string of the molecule is COc1ccc(OC)c(C(=O)CSc2nccn2-c2ccccc2C)c1. The predicted octanol–water partition coefficient (Wildman–Crippen LogP) is 4.17. The van der Waals surface area contributed by atoms with Crippen molar-refractivity contribution in [3.05, 3.63) is 66.0 Å². The molecule has 6 heteroatoms. The summed E-state index contributed by atoms with van der Waals surface area (Å²) in [5.41, 5.74) is 2.71. The second kappa shape index (κ2) is 8.10. The van der Waals surface area contributed by atoms with Crippen LogP contribution < -0.4 is 9.47 Å². The van der Waals surface area contributed by atoms with Crippen molar-refractivity contribution in [2.24, 2.45) is 0 Å². The van der Waals surface area contributed by atoms with E-state index in [-0.39, 0.29) is 11.5 Å². The summed E-state index contributed by atoms with van der Waals surface area (Å²) in [5, 5.41) is 0.773. The van der Waals surface area contributed by atoms with E-state index in [1.165, 1.54) is 11.8 Å². The molecule has 0 aliphatic heterocycles. The largest absolute Gasteiger partial charge is 0.497 e. The van der Waals surface area contributed by atoms with Gasteiger partial charge in [0.25, 0.3) is 0 Å². The number of thioether (sulfide) groups is 1. The molecule has 0 spiro atoms. The van der Waals surface area contributed by atoms with Crippen LogP contribution in [0.3, 0.4) is 0 Å². The first kappa shape index (κ1) is 18.1.